The summed E-state index contributed by atoms with van der Waals surface area (Å²) < 4.78 is 2.66. The van der Waals surface area contributed by atoms with Crippen LogP contribution in [-0.2, 0) is 0 Å². The first kappa shape index (κ1) is 30.8. The van der Waals surface area contributed by atoms with Crippen molar-refractivity contribution in [3.05, 3.63) is 200 Å². The summed E-state index contributed by atoms with van der Waals surface area (Å²) in [5.74, 6) is 0. The topological polar surface area (TPSA) is 3.24 Å². The van der Waals surface area contributed by atoms with E-state index in [1.807, 2.05) is 11.3 Å². The third kappa shape index (κ3) is 5.07. The van der Waals surface area contributed by atoms with Crippen LogP contribution in [0.5, 0.6) is 0 Å². The molecule has 54 heavy (non-hydrogen) atoms. The van der Waals surface area contributed by atoms with Crippen LogP contribution < -0.4 is 4.90 Å². The van der Waals surface area contributed by atoms with E-state index in [4.69, 9.17) is 0 Å². The van der Waals surface area contributed by atoms with Gasteiger partial charge in [0, 0.05) is 42.6 Å². The molecule has 1 aromatic heterocycles. The zero-order valence-corrected chi connectivity index (χ0v) is 30.2. The Labute approximate surface area is 317 Å². The van der Waals surface area contributed by atoms with Crippen LogP contribution in [0, 0.1) is 0 Å². The maximum absolute atomic E-state index is 2.40. The molecule has 0 aliphatic carbocycles. The number of anilines is 3. The molecule has 0 saturated carbocycles. The lowest BCUT2D eigenvalue weighted by atomic mass is 9.94. The quantitative estimate of drug-likeness (QED) is 0.161. The second-order valence-corrected chi connectivity index (χ2v) is 15.2. The summed E-state index contributed by atoms with van der Waals surface area (Å²) in [7, 11) is 0. The van der Waals surface area contributed by atoms with Gasteiger partial charge in [-0.15, -0.1) is 11.3 Å². The van der Waals surface area contributed by atoms with Crippen molar-refractivity contribution < 1.29 is 0 Å². The van der Waals surface area contributed by atoms with Gasteiger partial charge in [-0.05, 0) is 108 Å². The Bertz CT molecular complexity index is 3210. The van der Waals surface area contributed by atoms with Crippen LogP contribution in [0.3, 0.4) is 0 Å². The van der Waals surface area contributed by atoms with Crippen LogP contribution in [0.1, 0.15) is 0 Å². The van der Waals surface area contributed by atoms with E-state index in [2.05, 4.69) is 205 Å². The van der Waals surface area contributed by atoms with E-state index < -0.39 is 0 Å². The monoisotopic (exact) mass is 703 g/mol. The molecule has 0 saturated heterocycles. The molecule has 11 aromatic rings. The summed E-state index contributed by atoms with van der Waals surface area (Å²) in [6.07, 6.45) is 0. The van der Waals surface area contributed by atoms with E-state index in [1.165, 1.54) is 85.5 Å². The average molecular weight is 704 g/mol. The minimum atomic E-state index is 1.12. The second-order valence-electron chi connectivity index (χ2n) is 14.1. The summed E-state index contributed by atoms with van der Waals surface area (Å²) in [4.78, 5) is 2.40. The van der Waals surface area contributed by atoms with Crippen LogP contribution >= 0.6 is 11.3 Å². The SMILES string of the molecule is c1ccc(-c2cccc(N(c3ccc(-c4ccc5c(ccc6ccc7ccccc7c65)c4)cc3)c3ccc4ccc5c6ccccc6sc5c4c3)c2)cc1. The molecule has 0 bridgehead atoms. The Kier molecular flexibility index (Phi) is 7.11. The fraction of sp³-hybridized carbons (Fsp3) is 0. The third-order valence-corrected chi connectivity index (χ3v) is 12.2. The highest BCUT2D eigenvalue weighted by Crippen LogP contribution is 2.43. The van der Waals surface area contributed by atoms with Gasteiger partial charge in [0.25, 0.3) is 0 Å². The molecule has 11 rings (SSSR count). The van der Waals surface area contributed by atoms with E-state index in [0.29, 0.717) is 0 Å². The number of hydrogen-bond donors (Lipinski definition) is 0. The molecule has 0 N–H and O–H groups in total. The summed E-state index contributed by atoms with van der Waals surface area (Å²) in [5.41, 5.74) is 8.18. The highest BCUT2D eigenvalue weighted by atomic mass is 32.1. The molecule has 1 heterocycles. The molecule has 0 aliphatic heterocycles. The first-order chi connectivity index (χ1) is 26.7. The van der Waals surface area contributed by atoms with Crippen molar-refractivity contribution in [2.45, 2.75) is 0 Å². The lowest BCUT2D eigenvalue weighted by molar-refractivity contribution is 1.29. The maximum atomic E-state index is 2.40. The summed E-state index contributed by atoms with van der Waals surface area (Å²) >= 11 is 1.89. The van der Waals surface area contributed by atoms with Crippen LogP contribution in [-0.4, -0.2) is 0 Å². The van der Waals surface area contributed by atoms with E-state index in [1.54, 1.807) is 0 Å². The molecular weight excluding hydrogens is 671 g/mol. The Hall–Kier alpha value is -6.74. The number of benzene rings is 10. The minimum absolute atomic E-state index is 1.12. The highest BCUT2D eigenvalue weighted by molar-refractivity contribution is 7.26. The van der Waals surface area contributed by atoms with Gasteiger partial charge in [-0.2, -0.15) is 0 Å². The summed E-state index contributed by atoms with van der Waals surface area (Å²) in [6, 6.07) is 73.5. The number of fused-ring (bicyclic) bond motifs is 10. The van der Waals surface area contributed by atoms with Crippen LogP contribution in [0.4, 0.5) is 17.1 Å². The first-order valence-corrected chi connectivity index (χ1v) is 19.3. The normalized spacial score (nSPS) is 11.7. The Morgan fingerprint density at radius 1 is 0.296 bits per heavy atom. The third-order valence-electron chi connectivity index (χ3n) is 11.0. The molecule has 0 unspecified atom stereocenters. The lowest BCUT2D eigenvalue weighted by Crippen LogP contribution is -2.10. The predicted molar refractivity (Wildman–Crippen MR) is 235 cm³/mol. The van der Waals surface area contributed by atoms with Gasteiger partial charge >= 0.3 is 0 Å². The Morgan fingerprint density at radius 2 is 0.870 bits per heavy atom. The van der Waals surface area contributed by atoms with Gasteiger partial charge in [-0.3, -0.25) is 0 Å². The minimum Gasteiger partial charge on any atom is -0.310 e. The molecule has 0 amide bonds. The molecule has 0 aliphatic rings. The molecule has 0 radical (unpaired) electrons. The fourth-order valence-corrected chi connectivity index (χ4v) is 9.58. The van der Waals surface area contributed by atoms with Gasteiger partial charge in [-0.1, -0.05) is 152 Å². The highest BCUT2D eigenvalue weighted by Gasteiger charge is 2.17. The van der Waals surface area contributed by atoms with E-state index in [-0.39, 0.29) is 0 Å². The van der Waals surface area contributed by atoms with Crippen molar-refractivity contribution in [2.75, 3.05) is 4.90 Å². The Balaban J connectivity index is 1.04. The van der Waals surface area contributed by atoms with Gasteiger partial charge < -0.3 is 4.90 Å². The van der Waals surface area contributed by atoms with Crippen molar-refractivity contribution in [3.63, 3.8) is 0 Å². The molecular formula is C52H33NS. The smallest absolute Gasteiger partial charge is 0.0468 e. The van der Waals surface area contributed by atoms with Gasteiger partial charge in [0.05, 0.1) is 0 Å². The maximum Gasteiger partial charge on any atom is 0.0468 e. The van der Waals surface area contributed by atoms with E-state index in [0.717, 1.165) is 17.1 Å². The molecule has 1 nitrogen and oxygen atoms in total. The molecule has 0 spiro atoms. The number of rotatable bonds is 5. The van der Waals surface area contributed by atoms with Crippen molar-refractivity contribution in [2.24, 2.45) is 0 Å². The van der Waals surface area contributed by atoms with Crippen molar-refractivity contribution in [3.8, 4) is 22.3 Å². The van der Waals surface area contributed by atoms with Crippen molar-refractivity contribution in [1.29, 1.82) is 0 Å². The molecule has 10 aromatic carbocycles. The van der Waals surface area contributed by atoms with Crippen LogP contribution in [0.15, 0.2) is 200 Å². The number of nitrogens with zero attached hydrogens (tertiary/aromatic N) is 1. The Morgan fingerprint density at radius 3 is 1.76 bits per heavy atom. The summed E-state index contributed by atoms with van der Waals surface area (Å²) in [5, 5.41) is 12.9. The van der Waals surface area contributed by atoms with Gasteiger partial charge in [0.2, 0.25) is 0 Å². The van der Waals surface area contributed by atoms with E-state index >= 15 is 0 Å². The molecule has 252 valence electrons. The standard InChI is InChI=1S/C52H33NS/c1-2-9-34(10-3-1)39-12-8-13-43(32-39)53(44-28-23-37-24-30-48-47-15-6-7-16-50(47)54-52(48)49(37)33-44)42-26-21-35(22-27-42)40-25-29-46-41(31-40)20-19-38-18-17-36-11-4-5-14-45(36)51(38)46/h1-33H. The zero-order valence-electron chi connectivity index (χ0n) is 29.4. The second kappa shape index (κ2) is 12.4. The zero-order chi connectivity index (χ0) is 35.6. The first-order valence-electron chi connectivity index (χ1n) is 18.5. The number of thiophene rings is 1. The fourth-order valence-electron chi connectivity index (χ4n) is 8.35. The van der Waals surface area contributed by atoms with Gasteiger partial charge in [-0.25, -0.2) is 0 Å². The predicted octanol–water partition coefficient (Wildman–Crippen LogP) is 15.5. The molecule has 0 atom stereocenters. The van der Waals surface area contributed by atoms with Crippen molar-refractivity contribution in [1.82, 2.24) is 0 Å². The van der Waals surface area contributed by atoms with E-state index in [9.17, 15) is 0 Å². The van der Waals surface area contributed by atoms with Crippen LogP contribution in [0.2, 0.25) is 0 Å². The molecule has 2 heteroatoms. The molecule has 0 fully saturated rings. The largest absolute Gasteiger partial charge is 0.310 e. The van der Waals surface area contributed by atoms with Gasteiger partial charge in [0.15, 0.2) is 0 Å². The lowest BCUT2D eigenvalue weighted by Gasteiger charge is -2.26. The average Bonchev–Trinajstić information content (AvgIpc) is 3.63. The van der Waals surface area contributed by atoms with Crippen LogP contribution in [0.25, 0.3) is 85.5 Å². The summed E-state index contributed by atoms with van der Waals surface area (Å²) in [6.45, 7) is 0. The van der Waals surface area contributed by atoms with Crippen molar-refractivity contribution >= 4 is 91.7 Å². The number of hydrogen-bond acceptors (Lipinski definition) is 2. The van der Waals surface area contributed by atoms with Gasteiger partial charge in [0.1, 0.15) is 0 Å².